The maximum atomic E-state index is 8.90. The summed E-state index contributed by atoms with van der Waals surface area (Å²) in [6, 6.07) is 1.77. The molecule has 0 saturated heterocycles. The van der Waals surface area contributed by atoms with Crippen LogP contribution in [0.25, 0.3) is 0 Å². The van der Waals surface area contributed by atoms with Crippen LogP contribution in [0.5, 0.6) is 11.5 Å². The molecule has 2 N–H and O–H groups in total. The Morgan fingerprint density at radius 1 is 1.44 bits per heavy atom. The van der Waals surface area contributed by atoms with Crippen LogP contribution >= 0.6 is 0 Å². The van der Waals surface area contributed by atoms with E-state index in [1.54, 1.807) is 26.5 Å². The number of ether oxygens (including phenoxy) is 2. The number of hydrogen-bond acceptors (Lipinski definition) is 5. The number of nitrogens with zero attached hydrogens (tertiary/aromatic N) is 1. The zero-order chi connectivity index (χ0) is 12.0. The Hall–Kier alpha value is -1.33. The number of rotatable bonds is 6. The van der Waals surface area contributed by atoms with Gasteiger partial charge in [0, 0.05) is 24.8 Å². The van der Waals surface area contributed by atoms with Crippen LogP contribution in [0.1, 0.15) is 12.6 Å². The van der Waals surface area contributed by atoms with E-state index in [1.165, 1.54) is 0 Å². The summed E-state index contributed by atoms with van der Waals surface area (Å²) in [5.74, 6) is 1.29. The maximum absolute atomic E-state index is 8.90. The number of nitrogens with one attached hydrogen (secondary N) is 1. The van der Waals surface area contributed by atoms with Crippen molar-refractivity contribution in [2.24, 2.45) is 0 Å². The largest absolute Gasteiger partial charge is 0.493 e. The molecule has 0 spiro atoms. The molecule has 0 aliphatic carbocycles. The number of pyridine rings is 1. The van der Waals surface area contributed by atoms with Crippen molar-refractivity contribution in [1.82, 2.24) is 10.3 Å². The topological polar surface area (TPSA) is 63.6 Å². The molecule has 16 heavy (non-hydrogen) atoms. The van der Waals surface area contributed by atoms with Gasteiger partial charge in [0.15, 0.2) is 11.5 Å². The van der Waals surface area contributed by atoms with Gasteiger partial charge in [-0.05, 0) is 6.92 Å². The highest BCUT2D eigenvalue weighted by atomic mass is 16.5. The van der Waals surface area contributed by atoms with Crippen molar-refractivity contribution in [3.8, 4) is 11.5 Å². The molecule has 0 aromatic carbocycles. The van der Waals surface area contributed by atoms with Gasteiger partial charge in [-0.15, -0.1) is 0 Å². The van der Waals surface area contributed by atoms with Crippen molar-refractivity contribution in [1.29, 1.82) is 0 Å². The summed E-state index contributed by atoms with van der Waals surface area (Å²) < 4.78 is 10.4. The highest BCUT2D eigenvalue weighted by molar-refractivity contribution is 5.42. The molecule has 1 rings (SSSR count). The molecule has 0 fully saturated rings. The quantitative estimate of drug-likeness (QED) is 0.742. The molecule has 5 heteroatoms. The number of aliphatic hydroxyl groups excluding tert-OH is 1. The average Bonchev–Trinajstić information content (AvgIpc) is 2.34. The van der Waals surface area contributed by atoms with Gasteiger partial charge in [-0.25, -0.2) is 0 Å². The van der Waals surface area contributed by atoms with E-state index in [9.17, 15) is 0 Å². The molecule has 1 aromatic rings. The average molecular weight is 226 g/mol. The van der Waals surface area contributed by atoms with Crippen molar-refractivity contribution in [2.75, 3.05) is 20.8 Å². The van der Waals surface area contributed by atoms with Crippen molar-refractivity contribution in [3.63, 3.8) is 0 Å². The predicted molar refractivity (Wildman–Crippen MR) is 60.7 cm³/mol. The molecule has 0 saturated carbocycles. The lowest BCUT2D eigenvalue weighted by atomic mass is 10.2. The lowest BCUT2D eigenvalue weighted by Gasteiger charge is -2.14. The predicted octanol–water partition coefficient (Wildman–Crippen LogP) is 0.569. The van der Waals surface area contributed by atoms with Crippen molar-refractivity contribution in [3.05, 3.63) is 18.0 Å². The summed E-state index contributed by atoms with van der Waals surface area (Å²) in [6.45, 7) is 2.51. The first-order valence-electron chi connectivity index (χ1n) is 5.13. The zero-order valence-electron chi connectivity index (χ0n) is 9.86. The van der Waals surface area contributed by atoms with Gasteiger partial charge < -0.3 is 19.9 Å². The molecular weight excluding hydrogens is 208 g/mol. The van der Waals surface area contributed by atoms with Crippen LogP contribution in [0.2, 0.25) is 0 Å². The lowest BCUT2D eigenvalue weighted by molar-refractivity contribution is 0.250. The fourth-order valence-corrected chi connectivity index (χ4v) is 1.31. The Balaban J connectivity index is 2.78. The first-order valence-corrected chi connectivity index (χ1v) is 5.13. The summed E-state index contributed by atoms with van der Waals surface area (Å²) in [6.07, 6.45) is 1.67. The Kier molecular flexibility index (Phi) is 5.01. The monoisotopic (exact) mass is 226 g/mol. The molecule has 0 bridgehead atoms. The highest BCUT2D eigenvalue weighted by Crippen LogP contribution is 2.28. The Bertz CT molecular complexity index is 331. The molecule has 1 aromatic heterocycles. The number of aliphatic hydroxyl groups is 1. The van der Waals surface area contributed by atoms with Crippen molar-refractivity contribution in [2.45, 2.75) is 19.5 Å². The van der Waals surface area contributed by atoms with Crippen LogP contribution in [0.15, 0.2) is 12.3 Å². The van der Waals surface area contributed by atoms with Crippen molar-refractivity contribution >= 4 is 0 Å². The normalized spacial score (nSPS) is 12.2. The van der Waals surface area contributed by atoms with Gasteiger partial charge in [-0.2, -0.15) is 0 Å². The standard InChI is InChI=1S/C11H18N2O3/c1-8(7-14)13-6-9-11(16-3)10(15-2)4-5-12-9/h4-5,8,13-14H,6-7H2,1-3H3. The minimum absolute atomic E-state index is 0.0257. The number of hydrogen-bond donors (Lipinski definition) is 2. The Morgan fingerprint density at radius 2 is 2.19 bits per heavy atom. The first kappa shape index (κ1) is 12.7. The second-order valence-electron chi connectivity index (χ2n) is 3.46. The van der Waals surface area contributed by atoms with E-state index < -0.39 is 0 Å². The van der Waals surface area contributed by atoms with E-state index in [1.807, 2.05) is 6.92 Å². The third-order valence-corrected chi connectivity index (χ3v) is 2.26. The molecule has 0 aliphatic rings. The highest BCUT2D eigenvalue weighted by Gasteiger charge is 2.11. The minimum Gasteiger partial charge on any atom is -0.493 e. The lowest BCUT2D eigenvalue weighted by Crippen LogP contribution is -2.29. The smallest absolute Gasteiger partial charge is 0.183 e. The van der Waals surface area contributed by atoms with Crippen LogP contribution in [0.4, 0.5) is 0 Å². The van der Waals surface area contributed by atoms with Gasteiger partial charge in [0.1, 0.15) is 0 Å². The molecule has 1 unspecified atom stereocenters. The molecular formula is C11H18N2O3. The first-order chi connectivity index (χ1) is 7.72. The van der Waals surface area contributed by atoms with E-state index in [0.717, 1.165) is 5.69 Å². The zero-order valence-corrected chi connectivity index (χ0v) is 9.86. The molecule has 0 radical (unpaired) electrons. The maximum Gasteiger partial charge on any atom is 0.183 e. The van der Waals surface area contributed by atoms with Gasteiger partial charge >= 0.3 is 0 Å². The van der Waals surface area contributed by atoms with Gasteiger partial charge in [0.25, 0.3) is 0 Å². The Morgan fingerprint density at radius 3 is 2.75 bits per heavy atom. The van der Waals surface area contributed by atoms with Crippen LogP contribution in [0.3, 0.4) is 0 Å². The van der Waals surface area contributed by atoms with Crippen molar-refractivity contribution < 1.29 is 14.6 Å². The van der Waals surface area contributed by atoms with E-state index in [4.69, 9.17) is 14.6 Å². The summed E-state index contributed by atoms with van der Waals surface area (Å²) in [4.78, 5) is 4.22. The van der Waals surface area contributed by atoms with Crippen LogP contribution in [0, 0.1) is 0 Å². The molecule has 5 nitrogen and oxygen atoms in total. The second kappa shape index (κ2) is 6.30. The van der Waals surface area contributed by atoms with Gasteiger partial charge in [-0.1, -0.05) is 0 Å². The number of aromatic nitrogens is 1. The second-order valence-corrected chi connectivity index (χ2v) is 3.46. The summed E-state index contributed by atoms with van der Waals surface area (Å²) in [5.41, 5.74) is 0.766. The van der Waals surface area contributed by atoms with Crippen LogP contribution in [-0.4, -0.2) is 37.0 Å². The fourth-order valence-electron chi connectivity index (χ4n) is 1.31. The van der Waals surface area contributed by atoms with E-state index in [-0.39, 0.29) is 12.6 Å². The molecule has 0 amide bonds. The van der Waals surface area contributed by atoms with Gasteiger partial charge in [0.05, 0.1) is 26.5 Å². The minimum atomic E-state index is 0.0257. The molecule has 1 heterocycles. The van der Waals surface area contributed by atoms with Gasteiger partial charge in [-0.3, -0.25) is 4.98 Å². The van der Waals surface area contributed by atoms with Gasteiger partial charge in [0.2, 0.25) is 0 Å². The molecule has 90 valence electrons. The van der Waals surface area contributed by atoms with E-state index in [2.05, 4.69) is 10.3 Å². The summed E-state index contributed by atoms with van der Waals surface area (Å²) in [5, 5.41) is 12.0. The van der Waals surface area contributed by atoms with E-state index in [0.29, 0.717) is 18.0 Å². The number of methoxy groups -OCH3 is 2. The fraction of sp³-hybridized carbons (Fsp3) is 0.545. The molecule has 1 atom stereocenters. The summed E-state index contributed by atoms with van der Waals surface area (Å²) in [7, 11) is 3.17. The van der Waals surface area contributed by atoms with Crippen LogP contribution in [-0.2, 0) is 6.54 Å². The third kappa shape index (κ3) is 3.08. The summed E-state index contributed by atoms with van der Waals surface area (Å²) >= 11 is 0. The SMILES string of the molecule is COc1ccnc(CNC(C)CO)c1OC. The molecule has 0 aliphatic heterocycles. The third-order valence-electron chi connectivity index (χ3n) is 2.26. The van der Waals surface area contributed by atoms with Crippen LogP contribution < -0.4 is 14.8 Å². The van der Waals surface area contributed by atoms with E-state index >= 15 is 0 Å². The Labute approximate surface area is 95.4 Å².